The number of rotatable bonds is 4. The van der Waals surface area contributed by atoms with Gasteiger partial charge in [-0.05, 0) is 18.2 Å². The zero-order chi connectivity index (χ0) is 11.2. The summed E-state index contributed by atoms with van der Waals surface area (Å²) in [5.41, 5.74) is 0. The van der Waals surface area contributed by atoms with E-state index in [1.165, 1.54) is 0 Å². The van der Waals surface area contributed by atoms with Gasteiger partial charge in [-0.2, -0.15) is 5.10 Å². The highest BCUT2D eigenvalue weighted by molar-refractivity contribution is 5.89. The molecule has 16 heavy (non-hydrogen) atoms. The fraction of sp³-hybridized carbons (Fsp3) is 0.182. The lowest BCUT2D eigenvalue weighted by atomic mass is 10.4. The lowest BCUT2D eigenvalue weighted by molar-refractivity contribution is -0.116. The minimum absolute atomic E-state index is 0.0609. The molecule has 0 spiro atoms. The molecule has 1 amide bonds. The molecule has 0 radical (unpaired) electrons. The summed E-state index contributed by atoms with van der Waals surface area (Å²) in [7, 11) is 0. The van der Waals surface area contributed by atoms with Gasteiger partial charge in [0.25, 0.3) is 0 Å². The highest BCUT2D eigenvalue weighted by Crippen LogP contribution is 2.01. The third kappa shape index (κ3) is 2.91. The van der Waals surface area contributed by atoms with Gasteiger partial charge in [0.15, 0.2) is 0 Å². The Bertz CT molecular complexity index is 438. The molecule has 0 aromatic carbocycles. The molecule has 0 unspecified atom stereocenters. The number of pyridine rings is 1. The second-order valence-electron chi connectivity index (χ2n) is 3.28. The van der Waals surface area contributed by atoms with Crippen LogP contribution in [-0.4, -0.2) is 20.7 Å². The maximum Gasteiger partial charge on any atom is 0.227 e. The van der Waals surface area contributed by atoms with Gasteiger partial charge in [-0.1, -0.05) is 6.07 Å². The van der Waals surface area contributed by atoms with Crippen LogP contribution in [0.5, 0.6) is 0 Å². The van der Waals surface area contributed by atoms with Gasteiger partial charge in [0.2, 0.25) is 5.91 Å². The van der Waals surface area contributed by atoms with E-state index in [2.05, 4.69) is 15.4 Å². The Hall–Kier alpha value is -2.17. The number of nitrogens with one attached hydrogen (secondary N) is 1. The van der Waals surface area contributed by atoms with E-state index in [4.69, 9.17) is 0 Å². The summed E-state index contributed by atoms with van der Waals surface area (Å²) in [4.78, 5) is 15.5. The number of amides is 1. The third-order valence-electron chi connectivity index (χ3n) is 2.06. The summed E-state index contributed by atoms with van der Waals surface area (Å²) >= 11 is 0. The molecule has 0 fully saturated rings. The number of hydrogen-bond acceptors (Lipinski definition) is 3. The predicted molar refractivity (Wildman–Crippen MR) is 59.7 cm³/mol. The second kappa shape index (κ2) is 5.06. The van der Waals surface area contributed by atoms with Crippen molar-refractivity contribution in [2.75, 3.05) is 5.32 Å². The monoisotopic (exact) mass is 216 g/mol. The highest BCUT2D eigenvalue weighted by Gasteiger charge is 2.02. The number of nitrogens with zero attached hydrogens (tertiary/aromatic N) is 3. The van der Waals surface area contributed by atoms with Gasteiger partial charge in [0.05, 0.1) is 0 Å². The zero-order valence-corrected chi connectivity index (χ0v) is 8.71. The molecule has 0 aliphatic carbocycles. The Morgan fingerprint density at radius 3 is 2.94 bits per heavy atom. The van der Waals surface area contributed by atoms with Crippen molar-refractivity contribution in [1.82, 2.24) is 14.8 Å². The summed E-state index contributed by atoms with van der Waals surface area (Å²) in [6.07, 6.45) is 5.55. The van der Waals surface area contributed by atoms with Crippen molar-refractivity contribution < 1.29 is 4.79 Å². The molecule has 0 aliphatic rings. The first-order chi connectivity index (χ1) is 7.84. The van der Waals surface area contributed by atoms with Crippen LogP contribution in [0.3, 0.4) is 0 Å². The van der Waals surface area contributed by atoms with Crippen LogP contribution in [0.2, 0.25) is 0 Å². The van der Waals surface area contributed by atoms with E-state index < -0.39 is 0 Å². The molecule has 2 heterocycles. The molecule has 0 atom stereocenters. The Morgan fingerprint density at radius 2 is 2.25 bits per heavy atom. The van der Waals surface area contributed by atoms with Crippen LogP contribution in [0, 0.1) is 0 Å². The molecule has 2 aromatic heterocycles. The lowest BCUT2D eigenvalue weighted by Gasteiger charge is -2.03. The zero-order valence-electron chi connectivity index (χ0n) is 8.71. The van der Waals surface area contributed by atoms with Crippen LogP contribution in [0.25, 0.3) is 0 Å². The third-order valence-corrected chi connectivity index (χ3v) is 2.06. The van der Waals surface area contributed by atoms with Gasteiger partial charge in [0.1, 0.15) is 5.82 Å². The highest BCUT2D eigenvalue weighted by atomic mass is 16.1. The van der Waals surface area contributed by atoms with Crippen molar-refractivity contribution in [3.63, 3.8) is 0 Å². The normalized spacial score (nSPS) is 10.0. The predicted octanol–water partition coefficient (Wildman–Crippen LogP) is 1.31. The SMILES string of the molecule is O=C(CCn1cccn1)Nc1ccccn1. The van der Waals surface area contributed by atoms with Gasteiger partial charge in [0, 0.05) is 31.6 Å². The number of aromatic nitrogens is 3. The number of carbonyl (C=O) groups is 1. The first kappa shape index (κ1) is 10.4. The quantitative estimate of drug-likeness (QED) is 0.838. The topological polar surface area (TPSA) is 59.8 Å². The molecule has 82 valence electrons. The van der Waals surface area contributed by atoms with Gasteiger partial charge >= 0.3 is 0 Å². The summed E-state index contributed by atoms with van der Waals surface area (Å²) < 4.78 is 1.72. The van der Waals surface area contributed by atoms with E-state index >= 15 is 0 Å². The molecule has 2 rings (SSSR count). The average molecular weight is 216 g/mol. The standard InChI is InChI=1S/C11H12N4O/c16-11(5-9-15-8-3-7-13-15)14-10-4-1-2-6-12-10/h1-4,6-8H,5,9H2,(H,12,14,16). The molecule has 0 saturated carbocycles. The molecule has 0 saturated heterocycles. The van der Waals surface area contributed by atoms with Crippen molar-refractivity contribution in [3.05, 3.63) is 42.9 Å². The first-order valence-electron chi connectivity index (χ1n) is 5.03. The fourth-order valence-corrected chi connectivity index (χ4v) is 1.29. The molecule has 5 heteroatoms. The molecular formula is C11H12N4O. The minimum atomic E-state index is -0.0609. The van der Waals surface area contributed by atoms with Crippen LogP contribution in [-0.2, 0) is 11.3 Å². The van der Waals surface area contributed by atoms with Crippen molar-refractivity contribution in [3.8, 4) is 0 Å². The maximum absolute atomic E-state index is 11.5. The second-order valence-corrected chi connectivity index (χ2v) is 3.28. The van der Waals surface area contributed by atoms with E-state index in [0.717, 1.165) is 0 Å². The number of aryl methyl sites for hydroxylation is 1. The number of anilines is 1. The van der Waals surface area contributed by atoms with E-state index in [9.17, 15) is 4.79 Å². The van der Waals surface area contributed by atoms with Crippen molar-refractivity contribution >= 4 is 11.7 Å². The average Bonchev–Trinajstić information content (AvgIpc) is 2.81. The molecule has 0 bridgehead atoms. The Labute approximate surface area is 93.1 Å². The summed E-state index contributed by atoms with van der Waals surface area (Å²) in [6.45, 7) is 0.575. The smallest absolute Gasteiger partial charge is 0.227 e. The summed E-state index contributed by atoms with van der Waals surface area (Å²) in [6, 6.07) is 7.22. The van der Waals surface area contributed by atoms with Crippen LogP contribution in [0.1, 0.15) is 6.42 Å². The molecule has 1 N–H and O–H groups in total. The fourth-order valence-electron chi connectivity index (χ4n) is 1.29. The Balaban J connectivity index is 1.81. The molecular weight excluding hydrogens is 204 g/mol. The molecule has 2 aromatic rings. The Kier molecular flexibility index (Phi) is 3.28. The van der Waals surface area contributed by atoms with E-state index in [-0.39, 0.29) is 5.91 Å². The van der Waals surface area contributed by atoms with Crippen LogP contribution in [0.4, 0.5) is 5.82 Å². The number of hydrogen-bond donors (Lipinski definition) is 1. The van der Waals surface area contributed by atoms with E-state index in [1.807, 2.05) is 18.3 Å². The largest absolute Gasteiger partial charge is 0.311 e. The van der Waals surface area contributed by atoms with Gasteiger partial charge in [-0.3, -0.25) is 9.48 Å². The lowest BCUT2D eigenvalue weighted by Crippen LogP contribution is -2.15. The summed E-state index contributed by atoms with van der Waals surface area (Å²) in [5, 5.41) is 6.73. The first-order valence-corrected chi connectivity index (χ1v) is 5.03. The van der Waals surface area contributed by atoms with Crippen molar-refractivity contribution in [1.29, 1.82) is 0 Å². The van der Waals surface area contributed by atoms with E-state index in [1.54, 1.807) is 29.2 Å². The van der Waals surface area contributed by atoms with Gasteiger partial charge in [-0.15, -0.1) is 0 Å². The maximum atomic E-state index is 11.5. The van der Waals surface area contributed by atoms with Gasteiger partial charge in [-0.25, -0.2) is 4.98 Å². The van der Waals surface area contributed by atoms with Crippen molar-refractivity contribution in [2.45, 2.75) is 13.0 Å². The Morgan fingerprint density at radius 1 is 1.31 bits per heavy atom. The molecule has 0 aliphatic heterocycles. The van der Waals surface area contributed by atoms with E-state index in [0.29, 0.717) is 18.8 Å². The van der Waals surface area contributed by atoms with Crippen LogP contribution in [0.15, 0.2) is 42.9 Å². The van der Waals surface area contributed by atoms with Gasteiger partial charge < -0.3 is 5.32 Å². The van der Waals surface area contributed by atoms with Crippen molar-refractivity contribution in [2.24, 2.45) is 0 Å². The summed E-state index contributed by atoms with van der Waals surface area (Å²) in [5.74, 6) is 0.516. The number of carbonyl (C=O) groups excluding carboxylic acids is 1. The van der Waals surface area contributed by atoms with Crippen LogP contribution < -0.4 is 5.32 Å². The minimum Gasteiger partial charge on any atom is -0.311 e. The molecule has 5 nitrogen and oxygen atoms in total. The van der Waals surface area contributed by atoms with Crippen LogP contribution >= 0.6 is 0 Å².